The summed E-state index contributed by atoms with van der Waals surface area (Å²) in [5.41, 5.74) is 5.37. The van der Waals surface area contributed by atoms with Gasteiger partial charge < -0.3 is 9.51 Å². The highest BCUT2D eigenvalue weighted by Crippen LogP contribution is 2.29. The van der Waals surface area contributed by atoms with Crippen LogP contribution in [0.25, 0.3) is 16.9 Å². The van der Waals surface area contributed by atoms with Gasteiger partial charge in [0.2, 0.25) is 0 Å². The van der Waals surface area contributed by atoms with Crippen molar-refractivity contribution in [3.63, 3.8) is 0 Å². The van der Waals surface area contributed by atoms with Crippen molar-refractivity contribution in [3.05, 3.63) is 58.3 Å². The van der Waals surface area contributed by atoms with E-state index in [4.69, 9.17) is 4.98 Å². The Labute approximate surface area is 166 Å². The fraction of sp³-hybridized carbons (Fsp3) is 0.333. The number of hydrogen-bond acceptors (Lipinski definition) is 3. The standard InChI is InChI=1S/C21H22BrN3O2/c1-14-3-2-10-25-18(13-24-11-8-16(9-12-24)21(26)27)19(23-20(14)25)15-4-6-17(22)7-5-15/h2-7,10,16H,8-9,11-13H2,1H3,(H,26,27). The zero-order valence-electron chi connectivity index (χ0n) is 15.2. The van der Waals surface area contributed by atoms with Crippen LogP contribution in [0.4, 0.5) is 0 Å². The fourth-order valence-corrected chi connectivity index (χ4v) is 4.06. The number of nitrogens with zero attached hydrogens (tertiary/aromatic N) is 3. The molecule has 27 heavy (non-hydrogen) atoms. The van der Waals surface area contributed by atoms with Gasteiger partial charge in [-0.25, -0.2) is 4.98 Å². The molecule has 6 heteroatoms. The highest BCUT2D eigenvalue weighted by molar-refractivity contribution is 9.10. The van der Waals surface area contributed by atoms with E-state index in [0.29, 0.717) is 12.8 Å². The Kier molecular flexibility index (Phi) is 5.02. The normalized spacial score (nSPS) is 16.1. The molecule has 5 nitrogen and oxygen atoms in total. The van der Waals surface area contributed by atoms with E-state index in [2.05, 4.69) is 62.6 Å². The van der Waals surface area contributed by atoms with Crippen molar-refractivity contribution in [2.45, 2.75) is 26.3 Å². The molecule has 1 aliphatic rings. The van der Waals surface area contributed by atoms with Crippen LogP contribution in [0.5, 0.6) is 0 Å². The second-order valence-electron chi connectivity index (χ2n) is 7.19. The van der Waals surface area contributed by atoms with Gasteiger partial charge in [0, 0.05) is 22.8 Å². The number of carboxylic acid groups (broad SMARTS) is 1. The van der Waals surface area contributed by atoms with Crippen molar-refractivity contribution in [2.24, 2.45) is 5.92 Å². The van der Waals surface area contributed by atoms with Crippen LogP contribution in [0.1, 0.15) is 24.1 Å². The van der Waals surface area contributed by atoms with Gasteiger partial charge >= 0.3 is 5.97 Å². The summed E-state index contributed by atoms with van der Waals surface area (Å²) >= 11 is 3.50. The topological polar surface area (TPSA) is 57.8 Å². The van der Waals surface area contributed by atoms with Crippen LogP contribution in [-0.2, 0) is 11.3 Å². The van der Waals surface area contributed by atoms with Gasteiger partial charge in [0.05, 0.1) is 17.3 Å². The molecule has 2 aromatic heterocycles. The molecule has 0 bridgehead atoms. The third-order valence-corrected chi connectivity index (χ3v) is 5.90. The number of rotatable bonds is 4. The van der Waals surface area contributed by atoms with E-state index < -0.39 is 5.97 Å². The van der Waals surface area contributed by atoms with Gasteiger partial charge in [0.1, 0.15) is 5.65 Å². The van der Waals surface area contributed by atoms with Crippen molar-refractivity contribution >= 4 is 27.5 Å². The number of pyridine rings is 1. The van der Waals surface area contributed by atoms with Gasteiger partial charge in [-0.05, 0) is 56.6 Å². The summed E-state index contributed by atoms with van der Waals surface area (Å²) < 4.78 is 3.22. The summed E-state index contributed by atoms with van der Waals surface area (Å²) in [5.74, 6) is -0.882. The number of fused-ring (bicyclic) bond motifs is 1. The first-order chi connectivity index (χ1) is 13.0. The molecule has 1 fully saturated rings. The molecule has 0 radical (unpaired) electrons. The number of likely N-dealkylation sites (tertiary alicyclic amines) is 1. The molecule has 1 aromatic carbocycles. The molecule has 4 rings (SSSR count). The van der Waals surface area contributed by atoms with Gasteiger partial charge in [-0.3, -0.25) is 9.69 Å². The Morgan fingerprint density at radius 2 is 1.93 bits per heavy atom. The highest BCUT2D eigenvalue weighted by atomic mass is 79.9. The van der Waals surface area contributed by atoms with Gasteiger partial charge in [-0.2, -0.15) is 0 Å². The number of hydrogen-bond donors (Lipinski definition) is 1. The zero-order chi connectivity index (χ0) is 19.0. The smallest absolute Gasteiger partial charge is 0.306 e. The van der Waals surface area contributed by atoms with E-state index in [0.717, 1.165) is 52.3 Å². The summed E-state index contributed by atoms with van der Waals surface area (Å²) in [7, 11) is 0. The molecule has 0 unspecified atom stereocenters. The van der Waals surface area contributed by atoms with E-state index >= 15 is 0 Å². The van der Waals surface area contributed by atoms with E-state index in [-0.39, 0.29) is 5.92 Å². The largest absolute Gasteiger partial charge is 0.481 e. The molecule has 0 atom stereocenters. The number of piperidine rings is 1. The number of aryl methyl sites for hydroxylation is 1. The monoisotopic (exact) mass is 427 g/mol. The molecule has 140 valence electrons. The minimum atomic E-state index is -0.671. The van der Waals surface area contributed by atoms with Gasteiger partial charge in [0.15, 0.2) is 0 Å². The molecule has 0 amide bonds. The summed E-state index contributed by atoms with van der Waals surface area (Å²) in [6, 6.07) is 12.4. The first kappa shape index (κ1) is 18.2. The number of carboxylic acids is 1. The quantitative estimate of drug-likeness (QED) is 0.671. The van der Waals surface area contributed by atoms with Gasteiger partial charge in [-0.1, -0.05) is 34.1 Å². The van der Waals surface area contributed by atoms with Crippen LogP contribution in [-0.4, -0.2) is 38.4 Å². The number of aromatic nitrogens is 2. The van der Waals surface area contributed by atoms with Crippen LogP contribution in [0.15, 0.2) is 47.1 Å². The maximum absolute atomic E-state index is 11.2. The third-order valence-electron chi connectivity index (χ3n) is 5.37. The molecule has 0 spiro atoms. The average molecular weight is 428 g/mol. The predicted molar refractivity (Wildman–Crippen MR) is 109 cm³/mol. The first-order valence-electron chi connectivity index (χ1n) is 9.20. The van der Waals surface area contributed by atoms with Crippen molar-refractivity contribution < 1.29 is 9.90 Å². The molecule has 1 saturated heterocycles. The van der Waals surface area contributed by atoms with E-state index in [1.807, 2.05) is 12.1 Å². The Balaban J connectivity index is 1.70. The highest BCUT2D eigenvalue weighted by Gasteiger charge is 2.26. The summed E-state index contributed by atoms with van der Waals surface area (Å²) in [6.45, 7) is 4.45. The lowest BCUT2D eigenvalue weighted by Gasteiger charge is -2.30. The second kappa shape index (κ2) is 7.44. The van der Waals surface area contributed by atoms with E-state index in [9.17, 15) is 9.90 Å². The predicted octanol–water partition coefficient (Wildman–Crippen LogP) is 4.37. The minimum Gasteiger partial charge on any atom is -0.481 e. The molecule has 0 saturated carbocycles. The Morgan fingerprint density at radius 1 is 1.22 bits per heavy atom. The van der Waals surface area contributed by atoms with Crippen LogP contribution >= 0.6 is 15.9 Å². The number of aliphatic carboxylic acids is 1. The maximum atomic E-state index is 11.2. The van der Waals surface area contributed by atoms with Crippen molar-refractivity contribution in [2.75, 3.05) is 13.1 Å². The van der Waals surface area contributed by atoms with Crippen molar-refractivity contribution in [3.8, 4) is 11.3 Å². The van der Waals surface area contributed by atoms with Crippen LogP contribution < -0.4 is 0 Å². The lowest BCUT2D eigenvalue weighted by atomic mass is 9.97. The molecular formula is C21H22BrN3O2. The van der Waals surface area contributed by atoms with Crippen molar-refractivity contribution in [1.82, 2.24) is 14.3 Å². The Hall–Kier alpha value is -2.18. The van der Waals surface area contributed by atoms with Crippen LogP contribution in [0.2, 0.25) is 0 Å². The number of imidazole rings is 1. The molecule has 1 aliphatic heterocycles. The number of benzene rings is 1. The fourth-order valence-electron chi connectivity index (χ4n) is 3.79. The van der Waals surface area contributed by atoms with Crippen LogP contribution in [0, 0.1) is 12.8 Å². The Morgan fingerprint density at radius 3 is 2.59 bits per heavy atom. The molecule has 3 aromatic rings. The summed E-state index contributed by atoms with van der Waals surface area (Å²) in [6.07, 6.45) is 3.48. The maximum Gasteiger partial charge on any atom is 0.306 e. The SMILES string of the molecule is Cc1cccn2c(CN3CCC(C(=O)O)CC3)c(-c3ccc(Br)cc3)nc12. The summed E-state index contributed by atoms with van der Waals surface area (Å²) in [5, 5.41) is 9.23. The van der Waals surface area contributed by atoms with Crippen LogP contribution in [0.3, 0.4) is 0 Å². The van der Waals surface area contributed by atoms with Gasteiger partial charge in [0.25, 0.3) is 0 Å². The minimum absolute atomic E-state index is 0.211. The lowest BCUT2D eigenvalue weighted by Crippen LogP contribution is -2.36. The second-order valence-corrected chi connectivity index (χ2v) is 8.10. The summed E-state index contributed by atoms with van der Waals surface area (Å²) in [4.78, 5) is 18.5. The van der Waals surface area contributed by atoms with Gasteiger partial charge in [-0.15, -0.1) is 0 Å². The lowest BCUT2D eigenvalue weighted by molar-refractivity contribution is -0.143. The number of carbonyl (C=O) groups is 1. The number of halogens is 1. The van der Waals surface area contributed by atoms with E-state index in [1.165, 1.54) is 0 Å². The first-order valence-corrected chi connectivity index (χ1v) is 10.00. The molecular weight excluding hydrogens is 406 g/mol. The van der Waals surface area contributed by atoms with Crippen molar-refractivity contribution in [1.29, 1.82) is 0 Å². The zero-order valence-corrected chi connectivity index (χ0v) is 16.8. The molecule has 0 aliphatic carbocycles. The Bertz CT molecular complexity index is 973. The molecule has 1 N–H and O–H groups in total. The third kappa shape index (κ3) is 3.64. The molecule has 3 heterocycles. The van der Waals surface area contributed by atoms with E-state index in [1.54, 1.807) is 0 Å². The average Bonchev–Trinajstić information content (AvgIpc) is 3.03.